The smallest absolute Gasteiger partial charge is 0.257 e. The van der Waals surface area contributed by atoms with Crippen molar-refractivity contribution in [3.8, 4) is 0 Å². The van der Waals surface area contributed by atoms with Crippen LogP contribution < -0.4 is 5.32 Å². The third kappa shape index (κ3) is 2.68. The van der Waals surface area contributed by atoms with Gasteiger partial charge < -0.3 is 10.2 Å². The fourth-order valence-corrected chi connectivity index (χ4v) is 4.62. The zero-order valence-electron chi connectivity index (χ0n) is 12.1. The van der Waals surface area contributed by atoms with Crippen LogP contribution in [0.1, 0.15) is 17.5 Å². The van der Waals surface area contributed by atoms with E-state index in [1.54, 1.807) is 6.20 Å². The van der Waals surface area contributed by atoms with Crippen molar-refractivity contribution in [2.45, 2.75) is 19.4 Å². The van der Waals surface area contributed by atoms with Gasteiger partial charge in [0.1, 0.15) is 0 Å². The van der Waals surface area contributed by atoms with Crippen molar-refractivity contribution in [3.05, 3.63) is 35.5 Å². The molecule has 2 heterocycles. The highest BCUT2D eigenvalue weighted by atomic mass is 32.2. The van der Waals surface area contributed by atoms with E-state index in [4.69, 9.17) is 0 Å². The molecule has 5 nitrogen and oxygen atoms in total. The molecular formula is C15H18N2O3S. The Kier molecular flexibility index (Phi) is 3.28. The van der Waals surface area contributed by atoms with E-state index >= 15 is 0 Å². The maximum Gasteiger partial charge on any atom is 0.257 e. The van der Waals surface area contributed by atoms with Gasteiger partial charge in [0, 0.05) is 30.5 Å². The number of sulfone groups is 1. The number of anilines is 1. The molecule has 0 saturated carbocycles. The summed E-state index contributed by atoms with van der Waals surface area (Å²) >= 11 is 0. The van der Waals surface area contributed by atoms with Gasteiger partial charge in [0.2, 0.25) is 0 Å². The Morgan fingerprint density at radius 3 is 2.81 bits per heavy atom. The minimum Gasteiger partial charge on any atom is -0.376 e. The summed E-state index contributed by atoms with van der Waals surface area (Å²) in [6.45, 7) is 1.98. The number of hydrogen-bond donors (Lipinski definition) is 1. The van der Waals surface area contributed by atoms with E-state index in [1.807, 2.05) is 37.1 Å². The Labute approximate surface area is 124 Å². The van der Waals surface area contributed by atoms with Crippen molar-refractivity contribution in [1.29, 1.82) is 0 Å². The first kappa shape index (κ1) is 14.1. The molecule has 1 saturated heterocycles. The third-order valence-electron chi connectivity index (χ3n) is 4.08. The molecule has 0 aromatic heterocycles. The van der Waals surface area contributed by atoms with E-state index in [0.29, 0.717) is 12.0 Å². The molecule has 1 aromatic rings. The molecule has 1 fully saturated rings. The van der Waals surface area contributed by atoms with Crippen LogP contribution in [-0.2, 0) is 14.6 Å². The molecule has 112 valence electrons. The zero-order valence-corrected chi connectivity index (χ0v) is 12.9. The fourth-order valence-electron chi connectivity index (χ4n) is 2.84. The number of fused-ring (bicyclic) bond motifs is 1. The Bertz CT molecular complexity index is 737. The number of hydrogen-bond acceptors (Lipinski definition) is 4. The molecule has 0 spiro atoms. The summed E-state index contributed by atoms with van der Waals surface area (Å²) in [5.41, 5.74) is 3.37. The lowest BCUT2D eigenvalue weighted by Crippen LogP contribution is -2.28. The Morgan fingerprint density at radius 2 is 2.14 bits per heavy atom. The van der Waals surface area contributed by atoms with Crippen LogP contribution >= 0.6 is 0 Å². The monoisotopic (exact) mass is 306 g/mol. The number of nitrogens with zero attached hydrogens (tertiary/aromatic N) is 1. The van der Waals surface area contributed by atoms with Gasteiger partial charge in [-0.3, -0.25) is 4.79 Å². The molecular weight excluding hydrogens is 288 g/mol. The topological polar surface area (TPSA) is 66.5 Å². The predicted molar refractivity (Wildman–Crippen MR) is 82.6 cm³/mol. The highest BCUT2D eigenvalue weighted by molar-refractivity contribution is 7.91. The van der Waals surface area contributed by atoms with Crippen LogP contribution in [0, 0.1) is 6.92 Å². The van der Waals surface area contributed by atoms with Crippen molar-refractivity contribution in [2.75, 3.05) is 23.9 Å². The largest absolute Gasteiger partial charge is 0.376 e. The zero-order chi connectivity index (χ0) is 15.2. The summed E-state index contributed by atoms with van der Waals surface area (Å²) in [6.07, 6.45) is 2.39. The van der Waals surface area contributed by atoms with Crippen molar-refractivity contribution in [3.63, 3.8) is 0 Å². The van der Waals surface area contributed by atoms with E-state index < -0.39 is 9.84 Å². The molecule has 0 bridgehead atoms. The van der Waals surface area contributed by atoms with Gasteiger partial charge in [-0.15, -0.1) is 0 Å². The molecule has 1 unspecified atom stereocenters. The van der Waals surface area contributed by atoms with Crippen molar-refractivity contribution >= 4 is 27.0 Å². The molecule has 1 aromatic carbocycles. The van der Waals surface area contributed by atoms with Gasteiger partial charge in [-0.2, -0.15) is 0 Å². The molecule has 1 atom stereocenters. The van der Waals surface area contributed by atoms with Crippen LogP contribution in [0.3, 0.4) is 0 Å². The first-order chi connectivity index (χ1) is 9.85. The summed E-state index contributed by atoms with van der Waals surface area (Å²) in [4.78, 5) is 14.0. The van der Waals surface area contributed by atoms with Crippen LogP contribution in [0.2, 0.25) is 0 Å². The van der Waals surface area contributed by atoms with Crippen LogP contribution in [-0.4, -0.2) is 43.8 Å². The lowest BCUT2D eigenvalue weighted by atomic mass is 10.1. The van der Waals surface area contributed by atoms with E-state index in [0.717, 1.165) is 16.8 Å². The Balaban J connectivity index is 1.90. The van der Waals surface area contributed by atoms with Gasteiger partial charge in [-0.1, -0.05) is 11.6 Å². The highest BCUT2D eigenvalue weighted by Crippen LogP contribution is 2.33. The second kappa shape index (κ2) is 4.87. The minimum absolute atomic E-state index is 0.0517. The molecule has 1 N–H and O–H groups in total. The van der Waals surface area contributed by atoms with Gasteiger partial charge in [-0.25, -0.2) is 8.42 Å². The average molecular weight is 306 g/mol. The van der Waals surface area contributed by atoms with Crippen molar-refractivity contribution < 1.29 is 13.2 Å². The van der Waals surface area contributed by atoms with E-state index in [-0.39, 0.29) is 23.5 Å². The number of carbonyl (C=O) groups is 1. The number of carbonyl (C=O) groups excluding carboxylic acids is 1. The highest BCUT2D eigenvalue weighted by Gasteiger charge is 2.31. The number of aryl methyl sites for hydroxylation is 1. The first-order valence-corrected chi connectivity index (χ1v) is 8.74. The summed E-state index contributed by atoms with van der Waals surface area (Å²) in [5, 5.41) is 2.83. The average Bonchev–Trinajstić information content (AvgIpc) is 2.91. The summed E-state index contributed by atoms with van der Waals surface area (Å²) in [6, 6.07) is 5.76. The maximum atomic E-state index is 12.1. The number of benzene rings is 1. The third-order valence-corrected chi connectivity index (χ3v) is 5.83. The second-order valence-electron chi connectivity index (χ2n) is 5.77. The van der Waals surface area contributed by atoms with E-state index in [1.165, 1.54) is 0 Å². The van der Waals surface area contributed by atoms with Gasteiger partial charge >= 0.3 is 0 Å². The van der Waals surface area contributed by atoms with Crippen LogP contribution in [0.25, 0.3) is 5.57 Å². The molecule has 2 aliphatic heterocycles. The molecule has 2 aliphatic rings. The second-order valence-corrected chi connectivity index (χ2v) is 8.00. The Morgan fingerprint density at radius 1 is 1.38 bits per heavy atom. The fraction of sp³-hybridized carbons (Fsp3) is 0.400. The SMILES string of the molecule is Cc1ccc2c(c1)/C(=C\N(C)C1CCS(=O)(=O)C1)C(=O)N2. The molecule has 21 heavy (non-hydrogen) atoms. The summed E-state index contributed by atoms with van der Waals surface area (Å²) in [5.74, 6) is 0.256. The lowest BCUT2D eigenvalue weighted by Gasteiger charge is -2.21. The molecule has 3 rings (SSSR count). The summed E-state index contributed by atoms with van der Waals surface area (Å²) < 4.78 is 23.1. The van der Waals surface area contributed by atoms with E-state index in [9.17, 15) is 13.2 Å². The van der Waals surface area contributed by atoms with Crippen LogP contribution in [0.5, 0.6) is 0 Å². The van der Waals surface area contributed by atoms with Crippen LogP contribution in [0.4, 0.5) is 5.69 Å². The van der Waals surface area contributed by atoms with E-state index in [2.05, 4.69) is 5.32 Å². The molecule has 6 heteroatoms. The Hall–Kier alpha value is -1.82. The number of nitrogens with one attached hydrogen (secondary N) is 1. The molecule has 1 amide bonds. The number of rotatable bonds is 2. The van der Waals surface area contributed by atoms with Crippen LogP contribution in [0.15, 0.2) is 24.4 Å². The number of amides is 1. The summed E-state index contributed by atoms with van der Waals surface area (Å²) in [7, 11) is -1.09. The quantitative estimate of drug-likeness (QED) is 0.839. The maximum absolute atomic E-state index is 12.1. The van der Waals surface area contributed by atoms with Gasteiger partial charge in [0.15, 0.2) is 9.84 Å². The normalized spacial score (nSPS) is 25.0. The molecule has 0 aliphatic carbocycles. The van der Waals surface area contributed by atoms with Crippen molar-refractivity contribution in [2.24, 2.45) is 0 Å². The van der Waals surface area contributed by atoms with Gasteiger partial charge in [0.25, 0.3) is 5.91 Å². The van der Waals surface area contributed by atoms with Gasteiger partial charge in [0.05, 0.1) is 17.1 Å². The van der Waals surface area contributed by atoms with Crippen molar-refractivity contribution in [1.82, 2.24) is 4.90 Å². The lowest BCUT2D eigenvalue weighted by molar-refractivity contribution is -0.110. The molecule has 0 radical (unpaired) electrons. The standard InChI is InChI=1S/C15H18N2O3S/c1-10-3-4-14-12(7-10)13(15(18)16-14)8-17(2)11-5-6-21(19,20)9-11/h3-4,7-8,11H,5-6,9H2,1-2H3,(H,16,18)/b13-8+. The predicted octanol–water partition coefficient (Wildman–Crippen LogP) is 1.41. The minimum atomic E-state index is -2.93. The first-order valence-electron chi connectivity index (χ1n) is 6.92. The van der Waals surface area contributed by atoms with Gasteiger partial charge in [-0.05, 0) is 25.5 Å².